The topological polar surface area (TPSA) is 9.72 Å². The standard InChI is InChI=1S/C76H74BN3/c1-47-20-19-21-48(2)70(47)51-43-63-62-38-26-50-22-15-16-23-59(50)72(62)80(58-36-39-61-60-24-17-18-25-64(60)76(13,14)65(61)45-58)77-66-40-37-57(46-68(66)79(69(44-51)71(63)77)67-41-31-54(42-49(67)3)75(10,11)12)78(55-32-27-52(28-33-55)73(4,5)6)56-34-29-53(30-35-56)74(7,8)9/h15-46H,1-14H3. The highest BCUT2D eigenvalue weighted by Crippen LogP contribution is 2.55. The summed E-state index contributed by atoms with van der Waals surface area (Å²) in [4.78, 5) is 7.85. The first-order valence-corrected chi connectivity index (χ1v) is 28.9. The summed E-state index contributed by atoms with van der Waals surface area (Å²) in [6.07, 6.45) is 0. The van der Waals surface area contributed by atoms with Crippen LogP contribution in [0.15, 0.2) is 194 Å². The third-order valence-electron chi connectivity index (χ3n) is 18.1. The normalized spacial score (nSPS) is 14.2. The maximum absolute atomic E-state index is 2.74. The number of benzene rings is 10. The average molecular weight is 1040 g/mol. The number of rotatable bonds is 6. The van der Waals surface area contributed by atoms with Crippen LogP contribution >= 0.6 is 0 Å². The summed E-state index contributed by atoms with van der Waals surface area (Å²) in [5, 5.41) is 2.48. The minimum atomic E-state index is -0.199. The van der Waals surface area contributed by atoms with Crippen molar-refractivity contribution in [2.75, 3.05) is 14.6 Å². The van der Waals surface area contributed by atoms with Crippen LogP contribution in [0.2, 0.25) is 0 Å². The van der Waals surface area contributed by atoms with E-state index in [4.69, 9.17) is 0 Å². The molecule has 0 saturated heterocycles. The number of hydrogen-bond acceptors (Lipinski definition) is 3. The van der Waals surface area contributed by atoms with Crippen molar-refractivity contribution >= 4 is 74.0 Å². The molecule has 0 saturated carbocycles. The van der Waals surface area contributed by atoms with Crippen LogP contribution in [0.3, 0.4) is 0 Å². The fourth-order valence-electron chi connectivity index (χ4n) is 13.7. The Kier molecular flexibility index (Phi) is 11.7. The number of fused-ring (bicyclic) bond motifs is 9. The molecule has 0 radical (unpaired) electrons. The van der Waals surface area contributed by atoms with Crippen molar-refractivity contribution in [2.45, 2.75) is 119 Å². The van der Waals surface area contributed by atoms with Crippen molar-refractivity contribution in [3.05, 3.63) is 239 Å². The van der Waals surface area contributed by atoms with Crippen molar-refractivity contribution in [2.24, 2.45) is 0 Å². The fraction of sp³-hybridized carbons (Fsp3) is 0.237. The second-order valence-corrected chi connectivity index (χ2v) is 26.8. The molecule has 396 valence electrons. The van der Waals surface area contributed by atoms with E-state index >= 15 is 0 Å². The van der Waals surface area contributed by atoms with E-state index in [1.165, 1.54) is 128 Å². The van der Waals surface area contributed by atoms with Gasteiger partial charge in [0.05, 0.1) is 0 Å². The van der Waals surface area contributed by atoms with Crippen LogP contribution in [-0.2, 0) is 21.7 Å². The van der Waals surface area contributed by atoms with E-state index in [1.54, 1.807) is 0 Å². The van der Waals surface area contributed by atoms with Gasteiger partial charge in [0.2, 0.25) is 0 Å². The van der Waals surface area contributed by atoms with E-state index in [0.29, 0.717) is 0 Å². The van der Waals surface area contributed by atoms with Crippen LogP contribution in [0.1, 0.15) is 121 Å². The van der Waals surface area contributed by atoms with E-state index in [2.05, 4.69) is 306 Å². The molecule has 0 unspecified atom stereocenters. The quantitative estimate of drug-likeness (QED) is 0.154. The smallest absolute Gasteiger partial charge is 0.333 e. The molecule has 80 heavy (non-hydrogen) atoms. The second-order valence-electron chi connectivity index (χ2n) is 26.8. The van der Waals surface area contributed by atoms with Crippen molar-refractivity contribution in [1.29, 1.82) is 0 Å². The molecular weight excluding hydrogens is 966 g/mol. The summed E-state index contributed by atoms with van der Waals surface area (Å²) >= 11 is 0. The van der Waals surface area contributed by atoms with Crippen LogP contribution < -0.4 is 25.5 Å². The maximum atomic E-state index is 2.74. The summed E-state index contributed by atoms with van der Waals surface area (Å²) in [5.74, 6) is 0. The van der Waals surface area contributed by atoms with Crippen LogP contribution in [0.25, 0.3) is 44.2 Å². The lowest BCUT2D eigenvalue weighted by Gasteiger charge is -2.47. The molecular formula is C76H74BN3. The number of anilines is 8. The third kappa shape index (κ3) is 8.15. The minimum Gasteiger partial charge on any atom is -0.376 e. The molecule has 0 bridgehead atoms. The highest BCUT2D eigenvalue weighted by Gasteiger charge is 2.47. The number of nitrogens with zero attached hydrogens (tertiary/aromatic N) is 3. The Morgan fingerprint density at radius 3 is 1.66 bits per heavy atom. The Morgan fingerprint density at radius 1 is 0.425 bits per heavy atom. The predicted octanol–water partition coefficient (Wildman–Crippen LogP) is 19.8. The summed E-state index contributed by atoms with van der Waals surface area (Å²) < 4.78 is 0. The zero-order chi connectivity index (χ0) is 55.9. The van der Waals surface area contributed by atoms with Crippen molar-refractivity contribution in [3.8, 4) is 33.4 Å². The monoisotopic (exact) mass is 1040 g/mol. The van der Waals surface area contributed by atoms with E-state index < -0.39 is 0 Å². The average Bonchev–Trinajstić information content (AvgIpc) is 3.52. The molecule has 1 aliphatic carbocycles. The molecule has 3 nitrogen and oxygen atoms in total. The molecule has 10 aromatic rings. The van der Waals surface area contributed by atoms with Crippen LogP contribution in [-0.4, -0.2) is 6.85 Å². The maximum Gasteiger partial charge on any atom is 0.333 e. The van der Waals surface area contributed by atoms with Gasteiger partial charge in [-0.1, -0.05) is 204 Å². The first-order valence-electron chi connectivity index (χ1n) is 28.9. The SMILES string of the molecule is Cc1cc(C(C)(C)C)ccc1N1c2cc(N(c3ccc(C(C)(C)C)cc3)c3ccc(C(C)(C)C)cc3)ccc2B2c3c(cc(-c4c(C)cccc4C)cc31)-c1ccc3ccccc3c1N2c1ccc2c(c1)C(C)(C)c1ccccc1-2. The molecule has 0 N–H and O–H groups in total. The molecule has 2 heterocycles. The first-order chi connectivity index (χ1) is 38.1. The van der Waals surface area contributed by atoms with Gasteiger partial charge in [0.1, 0.15) is 0 Å². The van der Waals surface area contributed by atoms with Gasteiger partial charge in [0.25, 0.3) is 0 Å². The lowest BCUT2D eigenvalue weighted by molar-refractivity contribution is 0.589. The molecule has 0 atom stereocenters. The molecule has 0 amide bonds. The van der Waals surface area contributed by atoms with E-state index in [0.717, 1.165) is 17.1 Å². The Labute approximate surface area is 476 Å². The zero-order valence-electron chi connectivity index (χ0n) is 49.4. The van der Waals surface area contributed by atoms with Crippen LogP contribution in [0, 0.1) is 20.8 Å². The van der Waals surface area contributed by atoms with Gasteiger partial charge in [0, 0.05) is 61.9 Å². The lowest BCUT2D eigenvalue weighted by Crippen LogP contribution is -2.61. The lowest BCUT2D eigenvalue weighted by atomic mass is 9.43. The Bertz CT molecular complexity index is 4060. The first kappa shape index (κ1) is 51.4. The second kappa shape index (κ2) is 18.2. The highest BCUT2D eigenvalue weighted by atomic mass is 15.2. The van der Waals surface area contributed by atoms with Gasteiger partial charge in [-0.05, 0) is 192 Å². The molecule has 10 aromatic carbocycles. The van der Waals surface area contributed by atoms with Gasteiger partial charge in [-0.15, -0.1) is 0 Å². The molecule has 13 rings (SSSR count). The van der Waals surface area contributed by atoms with Gasteiger partial charge in [-0.3, -0.25) is 0 Å². The molecule has 0 aromatic heterocycles. The number of hydrogen-bond donors (Lipinski definition) is 0. The van der Waals surface area contributed by atoms with E-state index in [1.807, 2.05) is 0 Å². The fourth-order valence-corrected chi connectivity index (χ4v) is 13.7. The van der Waals surface area contributed by atoms with Gasteiger partial charge < -0.3 is 14.6 Å². The van der Waals surface area contributed by atoms with Gasteiger partial charge in [0.15, 0.2) is 0 Å². The summed E-state index contributed by atoms with van der Waals surface area (Å²) in [7, 11) is 0. The third-order valence-corrected chi connectivity index (χ3v) is 18.1. The summed E-state index contributed by atoms with van der Waals surface area (Å²) in [6, 6.07) is 75.2. The largest absolute Gasteiger partial charge is 0.376 e. The molecule has 0 fully saturated rings. The zero-order valence-corrected chi connectivity index (χ0v) is 49.4. The summed E-state index contributed by atoms with van der Waals surface area (Å²) in [6.45, 7) is 32.2. The molecule has 3 aliphatic rings. The van der Waals surface area contributed by atoms with Crippen molar-refractivity contribution in [3.63, 3.8) is 0 Å². The van der Waals surface area contributed by atoms with E-state index in [9.17, 15) is 0 Å². The van der Waals surface area contributed by atoms with Gasteiger partial charge in [-0.25, -0.2) is 0 Å². The molecule has 2 aliphatic heterocycles. The molecule has 4 heteroatoms. The Balaban J connectivity index is 1.15. The predicted molar refractivity (Wildman–Crippen MR) is 346 cm³/mol. The van der Waals surface area contributed by atoms with Crippen molar-refractivity contribution < 1.29 is 0 Å². The Morgan fingerprint density at radius 2 is 1.01 bits per heavy atom. The van der Waals surface area contributed by atoms with Crippen LogP contribution in [0.5, 0.6) is 0 Å². The minimum absolute atomic E-state index is 0.0146. The number of aryl methyl sites for hydroxylation is 3. The van der Waals surface area contributed by atoms with Gasteiger partial charge >= 0.3 is 6.85 Å². The Hall–Kier alpha value is -8.08. The van der Waals surface area contributed by atoms with Crippen LogP contribution in [0.4, 0.5) is 45.5 Å². The molecule has 0 spiro atoms. The summed E-state index contributed by atoms with van der Waals surface area (Å²) in [5.41, 5.74) is 29.9. The highest BCUT2D eigenvalue weighted by molar-refractivity contribution is 6.94. The van der Waals surface area contributed by atoms with Gasteiger partial charge in [-0.2, -0.15) is 0 Å². The van der Waals surface area contributed by atoms with Crippen molar-refractivity contribution in [1.82, 2.24) is 0 Å². The van der Waals surface area contributed by atoms with E-state index in [-0.39, 0.29) is 28.5 Å².